The first kappa shape index (κ1) is 25.3. The van der Waals surface area contributed by atoms with Crippen molar-refractivity contribution in [2.24, 2.45) is 0 Å². The fourth-order valence-electron chi connectivity index (χ4n) is 3.98. The first-order valence-electron chi connectivity index (χ1n) is 11.7. The largest absolute Gasteiger partial charge is 0.508 e. The number of fused-ring (bicyclic) bond motifs is 1. The molecule has 0 saturated carbocycles. The molecule has 0 spiro atoms. The first-order chi connectivity index (χ1) is 17.9. The van der Waals surface area contributed by atoms with E-state index in [1.165, 1.54) is 12.1 Å². The lowest BCUT2D eigenvalue weighted by Gasteiger charge is -2.21. The molecule has 1 aromatic heterocycles. The molecule has 5 N–H and O–H groups in total. The number of rotatable bonds is 10. The van der Waals surface area contributed by atoms with Gasteiger partial charge in [-0.3, -0.25) is 4.79 Å². The molecule has 3 aromatic carbocycles. The van der Waals surface area contributed by atoms with Gasteiger partial charge >= 0.3 is 12.1 Å². The minimum atomic E-state index is -1.23. The zero-order valence-electron chi connectivity index (χ0n) is 19.9. The number of phenolic OH excluding ortho intramolecular Hbond substituents is 1. The van der Waals surface area contributed by atoms with Crippen molar-refractivity contribution in [3.8, 4) is 5.75 Å². The molecule has 4 aromatic rings. The van der Waals surface area contributed by atoms with Gasteiger partial charge in [-0.05, 0) is 34.9 Å². The van der Waals surface area contributed by atoms with Crippen LogP contribution in [0.15, 0.2) is 85.1 Å². The second-order valence-corrected chi connectivity index (χ2v) is 8.59. The van der Waals surface area contributed by atoms with Crippen LogP contribution in [-0.4, -0.2) is 45.3 Å². The van der Waals surface area contributed by atoms with E-state index in [-0.39, 0.29) is 25.2 Å². The van der Waals surface area contributed by atoms with Crippen LogP contribution in [0.4, 0.5) is 4.79 Å². The van der Waals surface area contributed by atoms with E-state index in [4.69, 9.17) is 4.74 Å². The maximum atomic E-state index is 13.2. The molecule has 2 atom stereocenters. The van der Waals surface area contributed by atoms with Gasteiger partial charge in [0.1, 0.15) is 24.4 Å². The normalized spacial score (nSPS) is 12.4. The van der Waals surface area contributed by atoms with E-state index in [0.717, 1.165) is 22.0 Å². The summed E-state index contributed by atoms with van der Waals surface area (Å²) in [5, 5.41) is 25.4. The average Bonchev–Trinajstić information content (AvgIpc) is 3.31. The van der Waals surface area contributed by atoms with Gasteiger partial charge in [-0.25, -0.2) is 9.59 Å². The number of amides is 2. The summed E-state index contributed by atoms with van der Waals surface area (Å²) < 4.78 is 5.26. The highest BCUT2D eigenvalue weighted by Gasteiger charge is 2.28. The Kier molecular flexibility index (Phi) is 8.05. The van der Waals surface area contributed by atoms with Gasteiger partial charge in [-0.15, -0.1) is 0 Å². The lowest BCUT2D eigenvalue weighted by molar-refractivity contribution is -0.142. The Morgan fingerprint density at radius 3 is 2.24 bits per heavy atom. The van der Waals surface area contributed by atoms with Crippen molar-refractivity contribution in [2.45, 2.75) is 31.5 Å². The number of ether oxygens (including phenoxy) is 1. The molecule has 1 heterocycles. The molecule has 0 aliphatic rings. The molecule has 0 bridgehead atoms. The van der Waals surface area contributed by atoms with Crippen molar-refractivity contribution in [2.75, 3.05) is 0 Å². The Labute approximate surface area is 213 Å². The third kappa shape index (κ3) is 6.88. The van der Waals surface area contributed by atoms with E-state index in [1.54, 1.807) is 30.5 Å². The van der Waals surface area contributed by atoms with E-state index in [2.05, 4.69) is 15.6 Å². The molecule has 0 aliphatic carbocycles. The standard InChI is InChI=1S/C28H27N3O6/c32-21-12-10-18(11-13-21)14-24(31-28(36)37-17-19-6-2-1-3-7-19)26(33)30-25(27(34)35)15-20-16-29-23-9-5-4-8-22(20)23/h1-13,16,24-25,29,32H,14-15,17H2,(H,30,33)(H,31,36)(H,34,35)/t24-,25+/m1/s1. The van der Waals surface area contributed by atoms with Gasteiger partial charge in [0.2, 0.25) is 5.91 Å². The fourth-order valence-corrected chi connectivity index (χ4v) is 3.98. The van der Waals surface area contributed by atoms with Crippen LogP contribution in [0.2, 0.25) is 0 Å². The van der Waals surface area contributed by atoms with E-state index in [0.29, 0.717) is 5.56 Å². The molecule has 0 fully saturated rings. The predicted molar refractivity (Wildman–Crippen MR) is 137 cm³/mol. The summed E-state index contributed by atoms with van der Waals surface area (Å²) in [6, 6.07) is 20.4. The number of carboxylic acids is 1. The SMILES string of the molecule is O=C(N[C@H](Cc1ccc(O)cc1)C(=O)N[C@@H](Cc1c[nH]c2ccccc12)C(=O)O)OCc1ccccc1. The zero-order valence-corrected chi connectivity index (χ0v) is 19.9. The average molecular weight is 502 g/mol. The van der Waals surface area contributed by atoms with Crippen molar-refractivity contribution in [3.05, 3.63) is 102 Å². The summed E-state index contributed by atoms with van der Waals surface area (Å²) in [5.41, 5.74) is 3.04. The topological polar surface area (TPSA) is 141 Å². The number of H-pyrrole nitrogens is 1. The molecule has 0 radical (unpaired) electrons. The molecule has 0 aliphatic heterocycles. The number of aromatic hydroxyl groups is 1. The van der Waals surface area contributed by atoms with Crippen LogP contribution < -0.4 is 10.6 Å². The van der Waals surface area contributed by atoms with E-state index >= 15 is 0 Å². The molecule has 0 saturated heterocycles. The van der Waals surface area contributed by atoms with Gasteiger partial charge in [-0.2, -0.15) is 0 Å². The van der Waals surface area contributed by atoms with Crippen molar-refractivity contribution in [1.29, 1.82) is 0 Å². The van der Waals surface area contributed by atoms with Crippen LogP contribution in [0.3, 0.4) is 0 Å². The summed E-state index contributed by atoms with van der Waals surface area (Å²) in [7, 11) is 0. The van der Waals surface area contributed by atoms with Gasteiger partial charge < -0.3 is 30.6 Å². The summed E-state index contributed by atoms with van der Waals surface area (Å²) in [6.07, 6.45) is 1.02. The second kappa shape index (κ2) is 11.8. The highest BCUT2D eigenvalue weighted by molar-refractivity contribution is 5.90. The molecule has 9 heteroatoms. The number of para-hydroxylation sites is 1. The summed E-state index contributed by atoms with van der Waals surface area (Å²) >= 11 is 0. The number of carboxylic acid groups (broad SMARTS) is 1. The van der Waals surface area contributed by atoms with Gasteiger partial charge in [0, 0.05) is 29.9 Å². The fraction of sp³-hybridized carbons (Fsp3) is 0.179. The summed E-state index contributed by atoms with van der Waals surface area (Å²) in [5.74, 6) is -1.81. The van der Waals surface area contributed by atoms with Gasteiger partial charge in [0.25, 0.3) is 0 Å². The smallest absolute Gasteiger partial charge is 0.408 e. The van der Waals surface area contributed by atoms with Crippen molar-refractivity contribution < 1.29 is 29.3 Å². The number of carbonyl (C=O) groups excluding carboxylic acids is 2. The third-order valence-electron chi connectivity index (χ3n) is 5.91. The molecule has 9 nitrogen and oxygen atoms in total. The maximum absolute atomic E-state index is 13.2. The molecular weight excluding hydrogens is 474 g/mol. The number of aromatic amines is 1. The van der Waals surface area contributed by atoms with E-state index in [9.17, 15) is 24.6 Å². The van der Waals surface area contributed by atoms with E-state index in [1.807, 2.05) is 42.5 Å². The highest BCUT2D eigenvalue weighted by Crippen LogP contribution is 2.19. The van der Waals surface area contributed by atoms with Crippen molar-refractivity contribution in [1.82, 2.24) is 15.6 Å². The zero-order chi connectivity index (χ0) is 26.2. The Morgan fingerprint density at radius 2 is 1.51 bits per heavy atom. The Bertz CT molecular complexity index is 1370. The van der Waals surface area contributed by atoms with Gasteiger partial charge in [0.05, 0.1) is 0 Å². The van der Waals surface area contributed by atoms with Crippen LogP contribution in [0.1, 0.15) is 16.7 Å². The van der Waals surface area contributed by atoms with E-state index < -0.39 is 30.1 Å². The molecule has 37 heavy (non-hydrogen) atoms. The number of aliphatic carboxylic acids is 1. The number of nitrogens with one attached hydrogen (secondary N) is 3. The summed E-state index contributed by atoms with van der Waals surface area (Å²) in [6.45, 7) is 0.0124. The number of phenols is 1. The number of aromatic nitrogens is 1. The third-order valence-corrected chi connectivity index (χ3v) is 5.91. The van der Waals surface area contributed by atoms with Crippen molar-refractivity contribution >= 4 is 28.9 Å². The summed E-state index contributed by atoms with van der Waals surface area (Å²) in [4.78, 5) is 40.9. The predicted octanol–water partition coefficient (Wildman–Crippen LogP) is 3.52. The number of hydrogen-bond acceptors (Lipinski definition) is 5. The molecule has 2 amide bonds. The Hall–Kier alpha value is -4.79. The number of carbonyl (C=O) groups is 3. The molecule has 4 rings (SSSR count). The number of hydrogen-bond donors (Lipinski definition) is 5. The van der Waals surface area contributed by atoms with Gasteiger partial charge in [-0.1, -0.05) is 60.7 Å². The molecule has 0 unspecified atom stereocenters. The number of alkyl carbamates (subject to hydrolysis) is 1. The second-order valence-electron chi connectivity index (χ2n) is 8.59. The van der Waals surface area contributed by atoms with Crippen LogP contribution in [-0.2, 0) is 33.8 Å². The minimum Gasteiger partial charge on any atom is -0.508 e. The van der Waals surface area contributed by atoms with Crippen LogP contribution >= 0.6 is 0 Å². The van der Waals surface area contributed by atoms with Crippen LogP contribution in [0.5, 0.6) is 5.75 Å². The minimum absolute atomic E-state index is 0.0124. The highest BCUT2D eigenvalue weighted by atomic mass is 16.5. The lowest BCUT2D eigenvalue weighted by atomic mass is 10.0. The molecule has 190 valence electrons. The van der Waals surface area contributed by atoms with Crippen molar-refractivity contribution in [3.63, 3.8) is 0 Å². The quantitative estimate of drug-likeness (QED) is 0.225. The van der Waals surface area contributed by atoms with Crippen LogP contribution in [0, 0.1) is 0 Å². The van der Waals surface area contributed by atoms with Gasteiger partial charge in [0.15, 0.2) is 0 Å². The maximum Gasteiger partial charge on any atom is 0.408 e. The first-order valence-corrected chi connectivity index (χ1v) is 11.7. The van der Waals surface area contributed by atoms with Crippen LogP contribution in [0.25, 0.3) is 10.9 Å². The Balaban J connectivity index is 1.47. The Morgan fingerprint density at radius 1 is 0.811 bits per heavy atom. The number of benzene rings is 3. The lowest BCUT2D eigenvalue weighted by Crippen LogP contribution is -2.53. The molecular formula is C28H27N3O6. The monoisotopic (exact) mass is 501 g/mol.